The summed E-state index contributed by atoms with van der Waals surface area (Å²) in [5, 5.41) is 16.1. The van der Waals surface area contributed by atoms with Crippen LogP contribution in [0.25, 0.3) is 21.9 Å². The molecule has 3 fully saturated rings. The number of hydrogen-bond donors (Lipinski definition) is 5. The van der Waals surface area contributed by atoms with Crippen molar-refractivity contribution in [1.82, 2.24) is 25.8 Å². The van der Waals surface area contributed by atoms with E-state index in [1.807, 2.05) is 44.2 Å². The largest absolute Gasteiger partial charge is 0.492 e. The van der Waals surface area contributed by atoms with E-state index in [0.717, 1.165) is 27.5 Å². The van der Waals surface area contributed by atoms with Crippen molar-refractivity contribution in [2.24, 2.45) is 0 Å². The first-order valence-corrected chi connectivity index (χ1v) is 25.4. The van der Waals surface area contributed by atoms with E-state index in [-0.39, 0.29) is 62.8 Å². The van der Waals surface area contributed by atoms with Gasteiger partial charge in [0.1, 0.15) is 35.9 Å². The van der Waals surface area contributed by atoms with E-state index in [2.05, 4.69) is 31.5 Å². The Bertz CT molecular complexity index is 3160. The number of amides is 8. The highest BCUT2D eigenvalue weighted by Gasteiger charge is 2.41. The molecule has 21 heteroatoms. The Morgan fingerprint density at radius 3 is 1.89 bits per heavy atom. The van der Waals surface area contributed by atoms with Crippen LogP contribution < -0.4 is 36.1 Å². The maximum absolute atomic E-state index is 14.3. The highest BCUT2D eigenvalue weighted by atomic mass is 35.5. The summed E-state index contributed by atoms with van der Waals surface area (Å²) in [5.41, 5.74) is 6.35. The van der Waals surface area contributed by atoms with Gasteiger partial charge in [0.05, 0.1) is 50.2 Å². The van der Waals surface area contributed by atoms with Crippen LogP contribution in [0.4, 0.5) is 21.0 Å². The molecule has 0 saturated carbocycles. The Balaban J connectivity index is 0.766. The van der Waals surface area contributed by atoms with Gasteiger partial charge in [-0.2, -0.15) is 0 Å². The Morgan fingerprint density at radius 1 is 0.733 bits per heavy atom. The van der Waals surface area contributed by atoms with Crippen LogP contribution in [0.2, 0.25) is 10.0 Å². The van der Waals surface area contributed by atoms with Gasteiger partial charge in [0.15, 0.2) is 0 Å². The van der Waals surface area contributed by atoms with E-state index in [1.54, 1.807) is 50.0 Å². The molecule has 0 spiro atoms. The molecule has 8 amide bonds. The van der Waals surface area contributed by atoms with Gasteiger partial charge in [0, 0.05) is 119 Å². The third-order valence-electron chi connectivity index (χ3n) is 13.7. The van der Waals surface area contributed by atoms with Crippen LogP contribution in [0.15, 0.2) is 82.0 Å². The zero-order valence-corrected chi connectivity index (χ0v) is 43.1. The molecule has 3 unspecified atom stereocenters. The first-order chi connectivity index (χ1) is 36.2. The van der Waals surface area contributed by atoms with Crippen molar-refractivity contribution < 1.29 is 56.5 Å². The van der Waals surface area contributed by atoms with Crippen LogP contribution in [0.1, 0.15) is 70.9 Å². The van der Waals surface area contributed by atoms with E-state index >= 15 is 0 Å². The molecule has 0 aliphatic carbocycles. The number of imide groups is 2. The van der Waals surface area contributed by atoms with Crippen LogP contribution in [0.5, 0.6) is 11.5 Å². The molecule has 75 heavy (non-hydrogen) atoms. The molecule has 4 aromatic carbocycles. The summed E-state index contributed by atoms with van der Waals surface area (Å²) in [6.07, 6.45) is 4.28. The Hall–Kier alpha value is -7.16. The van der Waals surface area contributed by atoms with E-state index < -0.39 is 29.9 Å². The first kappa shape index (κ1) is 52.7. The number of nitrogens with zero attached hydrogens (tertiary/aromatic N) is 2. The molecule has 6 aromatic rings. The second kappa shape index (κ2) is 23.6. The van der Waals surface area contributed by atoms with Crippen molar-refractivity contribution in [2.45, 2.75) is 70.5 Å². The molecule has 3 aliphatic rings. The molecule has 19 nitrogen and oxygen atoms in total. The average Bonchev–Trinajstić information content (AvgIpc) is 3.93. The van der Waals surface area contributed by atoms with Crippen molar-refractivity contribution in [3.8, 4) is 11.5 Å². The molecule has 0 radical (unpaired) electrons. The minimum Gasteiger partial charge on any atom is -0.492 e. The Kier molecular flexibility index (Phi) is 16.6. The molecular weight excluding hydrogens is 1010 g/mol. The van der Waals surface area contributed by atoms with Crippen molar-refractivity contribution in [3.63, 3.8) is 0 Å². The topological polar surface area (TPSA) is 232 Å². The summed E-state index contributed by atoms with van der Waals surface area (Å²) < 4.78 is 34.8. The smallest absolute Gasteiger partial charge is 0.319 e. The zero-order chi connectivity index (χ0) is 52.8. The van der Waals surface area contributed by atoms with E-state index in [0.29, 0.717) is 113 Å². The van der Waals surface area contributed by atoms with E-state index in [1.165, 1.54) is 4.90 Å². The molecule has 2 aromatic heterocycles. The van der Waals surface area contributed by atoms with Crippen molar-refractivity contribution in [2.75, 3.05) is 70.4 Å². The number of likely N-dealkylation sites (tertiary alicyclic amines) is 1. The van der Waals surface area contributed by atoms with Gasteiger partial charge in [0.2, 0.25) is 23.6 Å². The van der Waals surface area contributed by atoms with Crippen LogP contribution in [-0.2, 0) is 41.7 Å². The number of carbonyl (C=O) groups is 6. The average molecular weight is 1070 g/mol. The first-order valence-electron chi connectivity index (χ1n) is 24.7. The monoisotopic (exact) mass is 1070 g/mol. The zero-order valence-electron chi connectivity index (χ0n) is 41.6. The lowest BCUT2D eigenvalue weighted by Gasteiger charge is -2.37. The highest BCUT2D eigenvalue weighted by Crippen LogP contribution is 2.38. The number of carbonyl (C=O) groups excluding carboxylic acids is 6. The third-order valence-corrected chi connectivity index (χ3v) is 14.5. The third kappa shape index (κ3) is 12.4. The lowest BCUT2D eigenvalue weighted by atomic mass is 9.88. The van der Waals surface area contributed by atoms with Crippen molar-refractivity contribution in [1.29, 1.82) is 0 Å². The fourth-order valence-electron chi connectivity index (χ4n) is 9.61. The van der Waals surface area contributed by atoms with Gasteiger partial charge >= 0.3 is 12.1 Å². The molecule has 3 aliphatic heterocycles. The summed E-state index contributed by atoms with van der Waals surface area (Å²) in [7, 11) is 1.58. The normalized spacial score (nSPS) is 18.5. The number of fused-ring (bicyclic) bond motifs is 2. The quantitative estimate of drug-likeness (QED) is 0.0428. The Morgan fingerprint density at radius 2 is 1.31 bits per heavy atom. The van der Waals surface area contributed by atoms with Gasteiger partial charge in [-0.3, -0.25) is 34.3 Å². The lowest BCUT2D eigenvalue weighted by molar-refractivity contribution is -0.154. The van der Waals surface area contributed by atoms with Gasteiger partial charge in [-0.05, 0) is 62.1 Å². The van der Waals surface area contributed by atoms with E-state index in [4.69, 9.17) is 51.0 Å². The minimum atomic E-state index is -0.618. The lowest BCUT2D eigenvalue weighted by Crippen LogP contribution is -2.54. The van der Waals surface area contributed by atoms with Crippen LogP contribution in [0, 0.1) is 13.8 Å². The fourth-order valence-corrected chi connectivity index (χ4v) is 10.0. The molecular formula is C54H57Cl2N7O12. The van der Waals surface area contributed by atoms with Crippen molar-refractivity contribution in [3.05, 3.63) is 117 Å². The maximum atomic E-state index is 14.3. The van der Waals surface area contributed by atoms with Crippen molar-refractivity contribution >= 4 is 92.2 Å². The number of benzene rings is 4. The summed E-state index contributed by atoms with van der Waals surface area (Å²) in [6, 6.07) is 16.2. The number of piperidine rings is 2. The minimum absolute atomic E-state index is 0.171. The molecule has 0 bridgehead atoms. The summed E-state index contributed by atoms with van der Waals surface area (Å²) >= 11 is 13.0. The van der Waals surface area contributed by atoms with Gasteiger partial charge in [-0.25, -0.2) is 9.59 Å². The number of urea groups is 2. The second-order valence-electron chi connectivity index (χ2n) is 18.7. The number of methoxy groups -OCH3 is 1. The highest BCUT2D eigenvalue weighted by molar-refractivity contribution is 6.32. The van der Waals surface area contributed by atoms with Gasteiger partial charge in [-0.1, -0.05) is 47.5 Å². The van der Waals surface area contributed by atoms with Crippen LogP contribution in [-0.4, -0.2) is 111 Å². The van der Waals surface area contributed by atoms with Gasteiger partial charge < -0.3 is 49.0 Å². The molecule has 9 rings (SSSR count). The number of furan rings is 2. The van der Waals surface area contributed by atoms with Crippen LogP contribution in [0.3, 0.4) is 0 Å². The number of anilines is 2. The molecule has 5 N–H and O–H groups in total. The SMILES string of the molecule is COCCOc1cc(NC(=O)NCc2ccc3c(C4CCC(=O)N(C5COCCN(CCOc6cc(NC(=O)NCc7ccc8c(C9CCC(=O)NC9=O)coc8c7)cc(Cl)c6C)C5)C4=O)coc3c2)cc(Cl)c1C. The fraction of sp³-hybridized carbons (Fsp3) is 0.370. The predicted molar refractivity (Wildman–Crippen MR) is 279 cm³/mol. The number of hydrogen-bond acceptors (Lipinski definition) is 13. The Labute approximate surface area is 441 Å². The maximum Gasteiger partial charge on any atom is 0.319 e. The van der Waals surface area contributed by atoms with Gasteiger partial charge in [0.25, 0.3) is 0 Å². The number of ether oxygens (including phenoxy) is 4. The van der Waals surface area contributed by atoms with Crippen LogP contribution >= 0.6 is 23.2 Å². The molecule has 3 saturated heterocycles. The number of nitrogens with one attached hydrogen (secondary N) is 5. The standard InChI is InChI=1S/C54H57Cl2N7O12/c1-30-43(55)20-34(59-53(68)57-24-32-4-6-37-41(28-74-47(37)18-32)39-8-10-49(64)61-51(39)66)22-45(30)72-15-13-62-12-14-71-27-36(26-62)63-50(65)11-9-40(52(63)67)42-29-75-48-19-33(5-7-38(42)48)25-58-54(69)60-35-21-44(56)31(2)46(23-35)73-17-16-70-3/h4-7,18-23,28-29,36,39-40H,8-17,24-27H2,1-3H3,(H2,57,59,68)(H2,58,60,69)(H,61,64,66). The molecule has 394 valence electrons. The number of halogens is 2. The number of rotatable bonds is 17. The second-order valence-corrected chi connectivity index (χ2v) is 19.6. The summed E-state index contributed by atoms with van der Waals surface area (Å²) in [6.45, 7) is 6.93. The van der Waals surface area contributed by atoms with E-state index in [9.17, 15) is 28.8 Å². The summed E-state index contributed by atoms with van der Waals surface area (Å²) in [4.78, 5) is 81.4. The van der Waals surface area contributed by atoms with Gasteiger partial charge in [-0.15, -0.1) is 0 Å². The molecule has 5 heterocycles. The predicted octanol–water partition coefficient (Wildman–Crippen LogP) is 8.30. The molecule has 3 atom stereocenters. The summed E-state index contributed by atoms with van der Waals surface area (Å²) in [5.74, 6) is -1.29.